The van der Waals surface area contributed by atoms with Crippen molar-refractivity contribution in [2.45, 2.75) is 38.1 Å². The molecule has 2 unspecified atom stereocenters. The second-order valence-electron chi connectivity index (χ2n) is 8.33. The van der Waals surface area contributed by atoms with Gasteiger partial charge < -0.3 is 25.2 Å². The lowest BCUT2D eigenvalue weighted by Crippen LogP contribution is -2.46. The Bertz CT molecular complexity index is 1040. The Morgan fingerprint density at radius 1 is 1.00 bits per heavy atom. The number of carbonyl (C=O) groups is 4. The van der Waals surface area contributed by atoms with E-state index in [4.69, 9.17) is 4.74 Å². The van der Waals surface area contributed by atoms with Crippen molar-refractivity contribution in [2.24, 2.45) is 5.92 Å². The van der Waals surface area contributed by atoms with E-state index in [0.717, 1.165) is 22.3 Å². The van der Waals surface area contributed by atoms with E-state index in [-0.39, 0.29) is 31.9 Å². The van der Waals surface area contributed by atoms with Crippen LogP contribution in [0.4, 0.5) is 4.79 Å². The van der Waals surface area contributed by atoms with Gasteiger partial charge in [-0.15, -0.1) is 0 Å². The van der Waals surface area contributed by atoms with Crippen molar-refractivity contribution in [3.63, 3.8) is 0 Å². The van der Waals surface area contributed by atoms with Gasteiger partial charge in [-0.25, -0.2) is 9.59 Å². The van der Waals surface area contributed by atoms with Crippen LogP contribution in [-0.2, 0) is 23.9 Å². The Labute approximate surface area is 203 Å². The molecule has 1 aliphatic rings. The molecule has 0 aromatic heterocycles. The summed E-state index contributed by atoms with van der Waals surface area (Å²) in [5.41, 5.74) is 4.44. The second-order valence-corrected chi connectivity index (χ2v) is 8.33. The first-order valence-corrected chi connectivity index (χ1v) is 11.5. The highest BCUT2D eigenvalue weighted by atomic mass is 16.5. The van der Waals surface area contributed by atoms with Crippen molar-refractivity contribution < 1.29 is 33.8 Å². The number of hydrogen-bond acceptors (Lipinski definition) is 6. The molecule has 35 heavy (non-hydrogen) atoms. The maximum absolute atomic E-state index is 12.6. The molecule has 0 bridgehead atoms. The summed E-state index contributed by atoms with van der Waals surface area (Å²) in [7, 11) is 1.21. The number of rotatable bonds is 11. The van der Waals surface area contributed by atoms with Crippen LogP contribution >= 0.6 is 0 Å². The summed E-state index contributed by atoms with van der Waals surface area (Å²) in [5, 5.41) is 14.4. The first-order chi connectivity index (χ1) is 16.8. The van der Waals surface area contributed by atoms with Gasteiger partial charge in [-0.05, 0) is 35.1 Å². The van der Waals surface area contributed by atoms with Crippen LogP contribution < -0.4 is 10.6 Å². The number of amides is 2. The lowest BCUT2D eigenvalue weighted by atomic mass is 9.98. The van der Waals surface area contributed by atoms with E-state index in [1.807, 2.05) is 48.5 Å². The average molecular weight is 483 g/mol. The number of carbonyl (C=O) groups excluding carboxylic acids is 3. The summed E-state index contributed by atoms with van der Waals surface area (Å²) in [6.07, 6.45) is -0.510. The lowest BCUT2D eigenvalue weighted by molar-refractivity contribution is -0.144. The molecular weight excluding hydrogens is 452 g/mol. The lowest BCUT2D eigenvalue weighted by Gasteiger charge is -2.20. The maximum atomic E-state index is 12.6. The number of aliphatic carboxylic acids is 1. The third-order valence-electron chi connectivity index (χ3n) is 6.18. The Hall–Kier alpha value is -3.88. The number of carboxylic acids is 1. The van der Waals surface area contributed by atoms with Crippen molar-refractivity contribution in [1.82, 2.24) is 10.6 Å². The molecule has 0 saturated heterocycles. The molecule has 2 aromatic carbocycles. The fourth-order valence-corrected chi connectivity index (χ4v) is 4.19. The molecule has 3 rings (SSSR count). The van der Waals surface area contributed by atoms with Gasteiger partial charge in [0.15, 0.2) is 0 Å². The molecule has 3 N–H and O–H groups in total. The van der Waals surface area contributed by atoms with Gasteiger partial charge >= 0.3 is 18.0 Å². The molecule has 0 heterocycles. The van der Waals surface area contributed by atoms with Crippen LogP contribution in [0.2, 0.25) is 0 Å². The number of esters is 1. The number of hydrogen-bond donors (Lipinski definition) is 3. The molecule has 0 saturated carbocycles. The normalized spacial score (nSPS) is 13.7. The van der Waals surface area contributed by atoms with E-state index >= 15 is 0 Å². The Balaban J connectivity index is 1.52. The minimum absolute atomic E-state index is 0.0116. The van der Waals surface area contributed by atoms with E-state index in [2.05, 4.69) is 15.4 Å². The minimum atomic E-state index is -1.25. The largest absolute Gasteiger partial charge is 0.480 e. The standard InChI is InChI=1S/C26H30N2O7/c1-3-16(24(30)28-22(25(31)32)12-13-23(29)34-2)14-27-26(33)35-15-21-19-10-6-4-8-17(19)18-9-5-7-11-20(18)21/h4-11,16,21-22H,3,12-15H2,1-2H3,(H,27,33)(H,28,30)(H,31,32). The van der Waals surface area contributed by atoms with Gasteiger partial charge in [-0.3, -0.25) is 9.59 Å². The van der Waals surface area contributed by atoms with Crippen LogP contribution in [0.25, 0.3) is 11.1 Å². The first-order valence-electron chi connectivity index (χ1n) is 11.5. The molecule has 0 radical (unpaired) electrons. The zero-order chi connectivity index (χ0) is 25.4. The molecular formula is C26H30N2O7. The number of fused-ring (bicyclic) bond motifs is 3. The SMILES string of the molecule is CCC(CNC(=O)OCC1c2ccccc2-c2ccccc21)C(=O)NC(CCC(=O)OC)C(=O)O. The van der Waals surface area contributed by atoms with E-state index in [1.165, 1.54) is 7.11 Å². The van der Waals surface area contributed by atoms with Crippen molar-refractivity contribution in [3.05, 3.63) is 59.7 Å². The highest BCUT2D eigenvalue weighted by Gasteiger charge is 2.29. The van der Waals surface area contributed by atoms with Gasteiger partial charge in [0, 0.05) is 18.9 Å². The summed E-state index contributed by atoms with van der Waals surface area (Å²) in [6, 6.07) is 14.8. The number of nitrogens with one attached hydrogen (secondary N) is 2. The molecule has 1 aliphatic carbocycles. The average Bonchev–Trinajstić information content (AvgIpc) is 3.18. The second kappa shape index (κ2) is 12.0. The minimum Gasteiger partial charge on any atom is -0.480 e. The summed E-state index contributed by atoms with van der Waals surface area (Å²) >= 11 is 0. The molecule has 186 valence electrons. The third-order valence-corrected chi connectivity index (χ3v) is 6.18. The van der Waals surface area contributed by atoms with Crippen LogP contribution in [0.3, 0.4) is 0 Å². The Kier molecular flexibility index (Phi) is 8.83. The van der Waals surface area contributed by atoms with Crippen LogP contribution in [0.15, 0.2) is 48.5 Å². The molecule has 0 fully saturated rings. The number of carboxylic acid groups (broad SMARTS) is 1. The van der Waals surface area contributed by atoms with Crippen molar-refractivity contribution in [3.8, 4) is 11.1 Å². The van der Waals surface area contributed by atoms with Crippen molar-refractivity contribution >= 4 is 23.9 Å². The van der Waals surface area contributed by atoms with Gasteiger partial charge in [-0.1, -0.05) is 55.5 Å². The van der Waals surface area contributed by atoms with E-state index < -0.39 is 35.9 Å². The van der Waals surface area contributed by atoms with E-state index in [0.29, 0.717) is 6.42 Å². The maximum Gasteiger partial charge on any atom is 0.407 e. The van der Waals surface area contributed by atoms with Crippen LogP contribution in [-0.4, -0.2) is 55.3 Å². The summed E-state index contributed by atoms with van der Waals surface area (Å²) in [4.78, 5) is 47.7. The van der Waals surface area contributed by atoms with E-state index in [1.54, 1.807) is 6.92 Å². The fourth-order valence-electron chi connectivity index (χ4n) is 4.19. The zero-order valence-corrected chi connectivity index (χ0v) is 19.8. The number of ether oxygens (including phenoxy) is 2. The number of methoxy groups -OCH3 is 1. The molecule has 9 nitrogen and oxygen atoms in total. The molecule has 2 atom stereocenters. The smallest absolute Gasteiger partial charge is 0.407 e. The van der Waals surface area contributed by atoms with Crippen LogP contribution in [0.1, 0.15) is 43.2 Å². The zero-order valence-electron chi connectivity index (χ0n) is 19.8. The molecule has 0 spiro atoms. The Morgan fingerprint density at radius 2 is 1.60 bits per heavy atom. The number of alkyl carbamates (subject to hydrolysis) is 1. The number of benzene rings is 2. The highest BCUT2D eigenvalue weighted by Crippen LogP contribution is 2.44. The van der Waals surface area contributed by atoms with Crippen LogP contribution in [0, 0.1) is 5.92 Å². The van der Waals surface area contributed by atoms with Gasteiger partial charge in [0.25, 0.3) is 0 Å². The van der Waals surface area contributed by atoms with Gasteiger partial charge in [0.05, 0.1) is 13.0 Å². The topological polar surface area (TPSA) is 131 Å². The summed E-state index contributed by atoms with van der Waals surface area (Å²) < 4.78 is 10.00. The van der Waals surface area contributed by atoms with Gasteiger partial charge in [-0.2, -0.15) is 0 Å². The molecule has 0 aliphatic heterocycles. The fraction of sp³-hybridized carbons (Fsp3) is 0.385. The third kappa shape index (κ3) is 6.38. The molecule has 2 amide bonds. The van der Waals surface area contributed by atoms with Crippen molar-refractivity contribution in [2.75, 3.05) is 20.3 Å². The summed E-state index contributed by atoms with van der Waals surface area (Å²) in [6.45, 7) is 1.90. The highest BCUT2D eigenvalue weighted by molar-refractivity contribution is 5.86. The van der Waals surface area contributed by atoms with Gasteiger partial charge in [0.1, 0.15) is 12.6 Å². The Morgan fingerprint density at radius 3 is 2.14 bits per heavy atom. The summed E-state index contributed by atoms with van der Waals surface area (Å²) in [5.74, 6) is -3.07. The molecule has 2 aromatic rings. The first kappa shape index (κ1) is 25.7. The quantitative estimate of drug-likeness (QED) is 0.420. The van der Waals surface area contributed by atoms with E-state index in [9.17, 15) is 24.3 Å². The monoisotopic (exact) mass is 482 g/mol. The van der Waals surface area contributed by atoms with Crippen molar-refractivity contribution in [1.29, 1.82) is 0 Å². The van der Waals surface area contributed by atoms with Gasteiger partial charge in [0.2, 0.25) is 5.91 Å². The van der Waals surface area contributed by atoms with Crippen LogP contribution in [0.5, 0.6) is 0 Å². The predicted molar refractivity (Wildman–Crippen MR) is 128 cm³/mol. The molecule has 9 heteroatoms. The predicted octanol–water partition coefficient (Wildman–Crippen LogP) is 3.07.